The molecule has 1 N–H and O–H groups in total. The number of carbonyl (C=O) groups is 1. The fourth-order valence-corrected chi connectivity index (χ4v) is 1.14. The van der Waals surface area contributed by atoms with Gasteiger partial charge < -0.3 is 10.0 Å². The number of aliphatic hydroxyl groups is 1. The zero-order valence-electron chi connectivity index (χ0n) is 6.14. The molecule has 0 aliphatic carbocycles. The van der Waals surface area contributed by atoms with E-state index in [1.54, 1.807) is 0 Å². The molecule has 1 aliphatic rings. The maximum atomic E-state index is 12.1. The SMILES string of the molecule is O=CN1CCC(O)(C(F)(F)F)C1. The number of rotatable bonds is 1. The lowest BCUT2D eigenvalue weighted by Gasteiger charge is -2.24. The maximum absolute atomic E-state index is 12.1. The van der Waals surface area contributed by atoms with Crippen molar-refractivity contribution >= 4 is 6.41 Å². The highest BCUT2D eigenvalue weighted by Crippen LogP contribution is 2.36. The second-order valence-corrected chi connectivity index (χ2v) is 2.86. The molecule has 1 fully saturated rings. The molecule has 1 unspecified atom stereocenters. The van der Waals surface area contributed by atoms with Gasteiger partial charge in [0.2, 0.25) is 6.41 Å². The maximum Gasteiger partial charge on any atom is 0.419 e. The van der Waals surface area contributed by atoms with Crippen LogP contribution < -0.4 is 0 Å². The van der Waals surface area contributed by atoms with E-state index < -0.39 is 24.7 Å². The van der Waals surface area contributed by atoms with E-state index in [-0.39, 0.29) is 6.54 Å². The molecule has 0 aromatic rings. The lowest BCUT2D eigenvalue weighted by Crippen LogP contribution is -2.47. The van der Waals surface area contributed by atoms with Crippen LogP contribution in [-0.2, 0) is 4.79 Å². The van der Waals surface area contributed by atoms with Gasteiger partial charge >= 0.3 is 6.18 Å². The summed E-state index contributed by atoms with van der Waals surface area (Å²) in [6.45, 7) is -0.695. The Morgan fingerprint density at radius 2 is 2.08 bits per heavy atom. The third-order valence-electron chi connectivity index (χ3n) is 1.95. The standard InChI is InChI=1S/C6H8F3NO2/c7-6(8,9)5(12)1-2-10(3-5)4-11/h4,12H,1-3H2. The monoisotopic (exact) mass is 183 g/mol. The number of hydrogen-bond acceptors (Lipinski definition) is 2. The summed E-state index contributed by atoms with van der Waals surface area (Å²) in [6.07, 6.45) is -4.77. The Labute approximate surface area is 66.8 Å². The molecule has 0 bridgehead atoms. The number of carbonyl (C=O) groups excluding carboxylic acids is 1. The van der Waals surface area contributed by atoms with Crippen molar-refractivity contribution in [3.05, 3.63) is 0 Å². The third-order valence-corrected chi connectivity index (χ3v) is 1.95. The first-order chi connectivity index (χ1) is 5.39. The van der Waals surface area contributed by atoms with E-state index in [9.17, 15) is 18.0 Å². The van der Waals surface area contributed by atoms with Crippen LogP contribution in [0.1, 0.15) is 6.42 Å². The van der Waals surface area contributed by atoms with Crippen LogP contribution >= 0.6 is 0 Å². The predicted octanol–water partition coefficient (Wildman–Crippen LogP) is 0.142. The molecule has 1 amide bonds. The van der Waals surface area contributed by atoms with E-state index in [1.165, 1.54) is 0 Å². The van der Waals surface area contributed by atoms with E-state index in [4.69, 9.17) is 5.11 Å². The smallest absolute Gasteiger partial charge is 0.379 e. The van der Waals surface area contributed by atoms with Crippen LogP contribution in [0.15, 0.2) is 0 Å². The zero-order valence-corrected chi connectivity index (χ0v) is 6.14. The Kier molecular flexibility index (Phi) is 2.03. The number of alkyl halides is 3. The van der Waals surface area contributed by atoms with Crippen molar-refractivity contribution in [2.24, 2.45) is 0 Å². The quantitative estimate of drug-likeness (QED) is 0.587. The number of halogens is 3. The number of β-amino-alcohol motifs (C(OH)–C–C–N with tert-alkyl or cyclic N) is 1. The molecule has 1 atom stereocenters. The fourth-order valence-electron chi connectivity index (χ4n) is 1.14. The van der Waals surface area contributed by atoms with Crippen LogP contribution in [0.3, 0.4) is 0 Å². The molecule has 1 saturated heterocycles. The van der Waals surface area contributed by atoms with Crippen LogP contribution in [-0.4, -0.2) is 41.3 Å². The summed E-state index contributed by atoms with van der Waals surface area (Å²) in [5, 5.41) is 9.00. The van der Waals surface area contributed by atoms with Crippen molar-refractivity contribution in [1.29, 1.82) is 0 Å². The minimum absolute atomic E-state index is 0.0422. The normalized spacial score (nSPS) is 30.8. The van der Waals surface area contributed by atoms with Gasteiger partial charge in [-0.25, -0.2) is 0 Å². The topological polar surface area (TPSA) is 40.5 Å². The van der Waals surface area contributed by atoms with Gasteiger partial charge in [-0.15, -0.1) is 0 Å². The minimum Gasteiger partial charge on any atom is -0.379 e. The lowest BCUT2D eigenvalue weighted by molar-refractivity contribution is -0.253. The van der Waals surface area contributed by atoms with Gasteiger partial charge in [0.25, 0.3) is 0 Å². The van der Waals surface area contributed by atoms with Crippen LogP contribution in [0, 0.1) is 0 Å². The summed E-state index contributed by atoms with van der Waals surface area (Å²) in [5.74, 6) is 0. The van der Waals surface area contributed by atoms with Gasteiger partial charge in [0.05, 0.1) is 6.54 Å². The number of nitrogens with zero attached hydrogens (tertiary/aromatic N) is 1. The number of amides is 1. The Balaban J connectivity index is 2.70. The lowest BCUT2D eigenvalue weighted by atomic mass is 10.0. The summed E-state index contributed by atoms with van der Waals surface area (Å²) in [6, 6.07) is 0. The van der Waals surface area contributed by atoms with Crippen LogP contribution in [0.25, 0.3) is 0 Å². The highest BCUT2D eigenvalue weighted by atomic mass is 19.4. The van der Waals surface area contributed by atoms with Crippen molar-refractivity contribution in [3.63, 3.8) is 0 Å². The average Bonchev–Trinajstić information content (AvgIpc) is 2.31. The first kappa shape index (κ1) is 9.31. The van der Waals surface area contributed by atoms with Gasteiger partial charge in [0.15, 0.2) is 5.60 Å². The predicted molar refractivity (Wildman–Crippen MR) is 33.3 cm³/mol. The molecule has 1 rings (SSSR count). The Morgan fingerprint density at radius 1 is 1.50 bits per heavy atom. The summed E-state index contributed by atoms with van der Waals surface area (Å²) in [7, 11) is 0. The highest BCUT2D eigenvalue weighted by molar-refractivity contribution is 5.48. The molecule has 70 valence electrons. The summed E-state index contributed by atoms with van der Waals surface area (Å²) >= 11 is 0. The Bertz CT molecular complexity index is 194. The molecule has 12 heavy (non-hydrogen) atoms. The van der Waals surface area contributed by atoms with Gasteiger partial charge in [0.1, 0.15) is 0 Å². The van der Waals surface area contributed by atoms with Crippen molar-refractivity contribution < 1.29 is 23.1 Å². The zero-order chi connectivity index (χ0) is 9.41. The fraction of sp³-hybridized carbons (Fsp3) is 0.833. The molecule has 6 heteroatoms. The third kappa shape index (κ3) is 1.38. The summed E-state index contributed by atoms with van der Waals surface area (Å²) in [5.41, 5.74) is -2.70. The molecule has 0 aromatic carbocycles. The molecule has 0 saturated carbocycles. The van der Waals surface area contributed by atoms with Crippen molar-refractivity contribution in [3.8, 4) is 0 Å². The number of likely N-dealkylation sites (tertiary alicyclic amines) is 1. The van der Waals surface area contributed by atoms with Crippen molar-refractivity contribution in [2.75, 3.05) is 13.1 Å². The molecule has 0 aromatic heterocycles. The average molecular weight is 183 g/mol. The van der Waals surface area contributed by atoms with Gasteiger partial charge in [-0.1, -0.05) is 0 Å². The van der Waals surface area contributed by atoms with Crippen molar-refractivity contribution in [2.45, 2.75) is 18.2 Å². The molecular formula is C6H8F3NO2. The molecule has 0 spiro atoms. The van der Waals surface area contributed by atoms with Crippen molar-refractivity contribution in [1.82, 2.24) is 4.90 Å². The van der Waals surface area contributed by atoms with E-state index >= 15 is 0 Å². The molecule has 1 aliphatic heterocycles. The van der Waals surface area contributed by atoms with E-state index in [0.717, 1.165) is 4.90 Å². The summed E-state index contributed by atoms with van der Waals surface area (Å²) in [4.78, 5) is 11.0. The van der Waals surface area contributed by atoms with Gasteiger partial charge in [-0.3, -0.25) is 4.79 Å². The highest BCUT2D eigenvalue weighted by Gasteiger charge is 2.56. The molecule has 0 radical (unpaired) electrons. The second-order valence-electron chi connectivity index (χ2n) is 2.86. The second kappa shape index (κ2) is 2.62. The van der Waals surface area contributed by atoms with E-state index in [0.29, 0.717) is 6.41 Å². The Morgan fingerprint density at radius 3 is 2.33 bits per heavy atom. The largest absolute Gasteiger partial charge is 0.419 e. The molecule has 1 heterocycles. The van der Waals surface area contributed by atoms with Crippen LogP contribution in [0.4, 0.5) is 13.2 Å². The molecule has 3 nitrogen and oxygen atoms in total. The minimum atomic E-state index is -4.65. The number of hydrogen-bond donors (Lipinski definition) is 1. The van der Waals surface area contributed by atoms with Crippen LogP contribution in [0.5, 0.6) is 0 Å². The summed E-state index contributed by atoms with van der Waals surface area (Å²) < 4.78 is 36.2. The van der Waals surface area contributed by atoms with E-state index in [2.05, 4.69) is 0 Å². The molecular weight excluding hydrogens is 175 g/mol. The van der Waals surface area contributed by atoms with E-state index in [1.807, 2.05) is 0 Å². The Hall–Kier alpha value is -0.780. The first-order valence-electron chi connectivity index (χ1n) is 3.37. The van der Waals surface area contributed by atoms with Gasteiger partial charge in [0, 0.05) is 13.0 Å². The van der Waals surface area contributed by atoms with Gasteiger partial charge in [-0.2, -0.15) is 13.2 Å². The van der Waals surface area contributed by atoms with Gasteiger partial charge in [-0.05, 0) is 0 Å². The van der Waals surface area contributed by atoms with Crippen LogP contribution in [0.2, 0.25) is 0 Å². The first-order valence-corrected chi connectivity index (χ1v) is 3.37.